The van der Waals surface area contributed by atoms with Crippen molar-refractivity contribution in [1.29, 1.82) is 0 Å². The largest absolute Gasteiger partial charge is 0.507 e. The van der Waals surface area contributed by atoms with E-state index in [0.717, 1.165) is 0 Å². The van der Waals surface area contributed by atoms with Gasteiger partial charge in [-0.1, -0.05) is 6.08 Å². The van der Waals surface area contributed by atoms with Crippen LogP contribution in [0.4, 0.5) is 0 Å². The van der Waals surface area contributed by atoms with Gasteiger partial charge in [0.05, 0.1) is 64.3 Å². The van der Waals surface area contributed by atoms with Crippen LogP contribution in [0.25, 0.3) is 22.8 Å². The van der Waals surface area contributed by atoms with Crippen molar-refractivity contribution in [1.82, 2.24) is 15.0 Å². The third-order valence-electron chi connectivity index (χ3n) is 8.85. The van der Waals surface area contributed by atoms with Crippen molar-refractivity contribution in [3.63, 3.8) is 0 Å². The molecule has 1 heterocycles. The van der Waals surface area contributed by atoms with Crippen molar-refractivity contribution in [3.8, 4) is 45.8 Å². The Hall–Kier alpha value is -5.70. The quantitative estimate of drug-likeness (QED) is 0.0873. The van der Waals surface area contributed by atoms with Gasteiger partial charge in [0.2, 0.25) is 0 Å². The van der Waals surface area contributed by atoms with E-state index in [0.29, 0.717) is 53.2 Å². The van der Waals surface area contributed by atoms with Gasteiger partial charge in [-0.05, 0) is 75.9 Å². The molecule has 1 aliphatic rings. The molecule has 1 aliphatic carbocycles. The van der Waals surface area contributed by atoms with Crippen LogP contribution in [0.5, 0.6) is 23.0 Å². The molecule has 3 N–H and O–H groups in total. The summed E-state index contributed by atoms with van der Waals surface area (Å²) in [4.78, 5) is 48.5. The molecule has 0 saturated carbocycles. The second kappa shape index (κ2) is 19.4. The number of carbonyl (C=O) groups is 3. The highest BCUT2D eigenvalue weighted by molar-refractivity contribution is 5.73. The minimum absolute atomic E-state index is 0.0696. The molecule has 0 saturated heterocycles. The fraction of sp³-hybridized carbons (Fsp3) is 0.436. The zero-order chi connectivity index (χ0) is 39.4. The maximum Gasteiger partial charge on any atom is 0.305 e. The monoisotopic (exact) mass is 749 g/mol. The lowest BCUT2D eigenvalue weighted by atomic mass is 9.90. The Balaban J connectivity index is 1.69. The number of hydrogen-bond acceptors (Lipinski definition) is 15. The van der Waals surface area contributed by atoms with E-state index in [1.54, 1.807) is 57.2 Å². The van der Waals surface area contributed by atoms with Gasteiger partial charge in [0.15, 0.2) is 11.6 Å². The molecular weight excluding hydrogens is 702 g/mol. The lowest BCUT2D eigenvalue weighted by Crippen LogP contribution is -2.25. The smallest absolute Gasteiger partial charge is 0.305 e. The standard InChI is InChI=1S/C39H47N3O12/c1-22-28(52-19-7-10-31(43)49-4)16-13-25(34(22)46)37-40-38(26-14-17-29(23(2)35(26)47)53-20-8-11-32(44)50-5)42-39(41-37)27-15-18-30(24(3)36(27)48)54-21-9-12-33(45)51-6/h13-18,25,34,46-48H,7-12,19-21H2,1-6H3. The van der Waals surface area contributed by atoms with E-state index in [-0.39, 0.29) is 97.1 Å². The fourth-order valence-corrected chi connectivity index (χ4v) is 5.55. The molecule has 0 aliphatic heterocycles. The first-order valence-corrected chi connectivity index (χ1v) is 17.5. The topological polar surface area (TPSA) is 206 Å². The molecule has 0 radical (unpaired) electrons. The number of hydrogen-bond donors (Lipinski definition) is 3. The number of aliphatic hydroxyl groups excluding tert-OH is 1. The lowest BCUT2D eigenvalue weighted by molar-refractivity contribution is -0.141. The first-order valence-electron chi connectivity index (χ1n) is 17.5. The SMILES string of the molecule is COC(=O)CCCOC1=C(C)C(O)C(c2nc(-c3ccc(OCCCC(=O)OC)c(C)c3O)nc(-c3ccc(OCCCC(=O)OC)c(C)c3O)n2)C=C1. The third-order valence-corrected chi connectivity index (χ3v) is 8.85. The van der Waals surface area contributed by atoms with Crippen LogP contribution in [-0.2, 0) is 33.3 Å². The number of phenolic OH excluding ortho intramolecular Hbond substituents is 2. The molecule has 2 aromatic carbocycles. The van der Waals surface area contributed by atoms with Crippen molar-refractivity contribution >= 4 is 17.9 Å². The molecule has 0 amide bonds. The molecule has 2 unspecified atom stereocenters. The van der Waals surface area contributed by atoms with Gasteiger partial charge >= 0.3 is 17.9 Å². The highest BCUT2D eigenvalue weighted by Crippen LogP contribution is 2.40. The first-order chi connectivity index (χ1) is 25.9. The van der Waals surface area contributed by atoms with Gasteiger partial charge in [0.25, 0.3) is 0 Å². The van der Waals surface area contributed by atoms with E-state index in [1.807, 2.05) is 0 Å². The number of aliphatic hydroxyl groups is 1. The van der Waals surface area contributed by atoms with E-state index in [2.05, 4.69) is 19.2 Å². The number of benzene rings is 2. The number of ether oxygens (including phenoxy) is 6. The Labute approximate surface area is 313 Å². The van der Waals surface area contributed by atoms with Gasteiger partial charge in [-0.15, -0.1) is 0 Å². The number of nitrogens with zero attached hydrogens (tertiary/aromatic N) is 3. The number of esters is 3. The summed E-state index contributed by atoms with van der Waals surface area (Å²) in [5.41, 5.74) is 1.83. The van der Waals surface area contributed by atoms with E-state index >= 15 is 0 Å². The summed E-state index contributed by atoms with van der Waals surface area (Å²) in [5, 5.41) is 34.3. The van der Waals surface area contributed by atoms with E-state index < -0.39 is 12.0 Å². The van der Waals surface area contributed by atoms with Crippen LogP contribution in [-0.4, -0.2) is 95.4 Å². The van der Waals surface area contributed by atoms with Crippen LogP contribution in [0.2, 0.25) is 0 Å². The lowest BCUT2D eigenvalue weighted by Gasteiger charge is -2.26. The van der Waals surface area contributed by atoms with Crippen LogP contribution in [0.3, 0.4) is 0 Å². The number of phenols is 2. The summed E-state index contributed by atoms with van der Waals surface area (Å²) in [6, 6.07) is 6.50. The second-order valence-corrected chi connectivity index (χ2v) is 12.5. The summed E-state index contributed by atoms with van der Waals surface area (Å²) in [5.74, 6) is -0.580. The first kappa shape index (κ1) is 41.1. The summed E-state index contributed by atoms with van der Waals surface area (Å²) in [6.07, 6.45) is 4.11. The molecule has 15 nitrogen and oxygen atoms in total. The Bertz CT molecular complexity index is 1790. The molecular formula is C39H47N3O12. The zero-order valence-corrected chi connectivity index (χ0v) is 31.3. The second-order valence-electron chi connectivity index (χ2n) is 12.5. The van der Waals surface area contributed by atoms with Gasteiger partial charge in [-0.3, -0.25) is 14.4 Å². The van der Waals surface area contributed by atoms with Crippen LogP contribution in [0, 0.1) is 13.8 Å². The van der Waals surface area contributed by atoms with Crippen LogP contribution in [0.1, 0.15) is 68.3 Å². The molecule has 4 rings (SSSR count). The number of rotatable bonds is 18. The predicted molar refractivity (Wildman–Crippen MR) is 195 cm³/mol. The number of aromatic hydroxyl groups is 2. The highest BCUT2D eigenvalue weighted by atomic mass is 16.5. The summed E-state index contributed by atoms with van der Waals surface area (Å²) in [6.45, 7) is 5.73. The van der Waals surface area contributed by atoms with E-state index in [9.17, 15) is 29.7 Å². The molecule has 1 aromatic heterocycles. The summed E-state index contributed by atoms with van der Waals surface area (Å²) < 4.78 is 31.5. The van der Waals surface area contributed by atoms with Crippen molar-refractivity contribution in [2.45, 2.75) is 71.3 Å². The zero-order valence-electron chi connectivity index (χ0n) is 31.3. The number of aromatic nitrogens is 3. The Morgan fingerprint density at radius 2 is 1.07 bits per heavy atom. The average Bonchev–Trinajstić information content (AvgIpc) is 3.17. The van der Waals surface area contributed by atoms with E-state index in [1.165, 1.54) is 21.3 Å². The molecule has 0 fully saturated rings. The van der Waals surface area contributed by atoms with Crippen molar-refractivity contribution in [2.75, 3.05) is 41.2 Å². The van der Waals surface area contributed by atoms with Gasteiger partial charge in [0, 0.05) is 30.4 Å². The summed E-state index contributed by atoms with van der Waals surface area (Å²) >= 11 is 0. The van der Waals surface area contributed by atoms with Gasteiger partial charge < -0.3 is 43.7 Å². The van der Waals surface area contributed by atoms with Crippen molar-refractivity contribution in [3.05, 3.63) is 64.7 Å². The van der Waals surface area contributed by atoms with Gasteiger partial charge in [-0.25, -0.2) is 15.0 Å². The third kappa shape index (κ3) is 10.2. The minimum Gasteiger partial charge on any atom is -0.507 e. The van der Waals surface area contributed by atoms with Crippen LogP contribution >= 0.6 is 0 Å². The Kier molecular flexibility index (Phi) is 14.7. The normalized spacial score (nSPS) is 15.1. The highest BCUT2D eigenvalue weighted by Gasteiger charge is 2.31. The maximum absolute atomic E-state index is 11.5. The van der Waals surface area contributed by atoms with Crippen LogP contribution < -0.4 is 9.47 Å². The number of carbonyl (C=O) groups excluding carboxylic acids is 3. The number of allylic oxidation sites excluding steroid dienone is 1. The molecule has 54 heavy (non-hydrogen) atoms. The molecule has 3 aromatic rings. The molecule has 0 bridgehead atoms. The van der Waals surface area contributed by atoms with Crippen molar-refractivity contribution < 1.29 is 58.1 Å². The molecule has 290 valence electrons. The molecule has 15 heteroatoms. The average molecular weight is 750 g/mol. The Morgan fingerprint density at radius 3 is 1.50 bits per heavy atom. The van der Waals surface area contributed by atoms with Gasteiger partial charge in [-0.2, -0.15) is 0 Å². The Morgan fingerprint density at radius 1 is 0.648 bits per heavy atom. The van der Waals surface area contributed by atoms with Crippen molar-refractivity contribution in [2.24, 2.45) is 0 Å². The fourth-order valence-electron chi connectivity index (χ4n) is 5.55. The van der Waals surface area contributed by atoms with Crippen LogP contribution in [0.15, 0.2) is 47.7 Å². The predicted octanol–water partition coefficient (Wildman–Crippen LogP) is 5.16. The summed E-state index contributed by atoms with van der Waals surface area (Å²) in [7, 11) is 3.96. The molecule has 0 spiro atoms. The maximum atomic E-state index is 11.5. The minimum atomic E-state index is -1.11. The van der Waals surface area contributed by atoms with Gasteiger partial charge in [0.1, 0.15) is 34.6 Å². The van der Waals surface area contributed by atoms with E-state index in [4.69, 9.17) is 24.2 Å². The number of methoxy groups -OCH3 is 3. The molecule has 2 atom stereocenters.